The van der Waals surface area contributed by atoms with Gasteiger partial charge in [0.25, 0.3) is 0 Å². The van der Waals surface area contributed by atoms with Gasteiger partial charge in [-0.3, -0.25) is 9.78 Å². The number of hydrogen-bond acceptors (Lipinski definition) is 4. The Bertz CT molecular complexity index is 1190. The van der Waals surface area contributed by atoms with Gasteiger partial charge in [-0.05, 0) is 105 Å². The first-order valence-corrected chi connectivity index (χ1v) is 13.6. The van der Waals surface area contributed by atoms with Gasteiger partial charge in [0.15, 0.2) is 0 Å². The molecule has 37 heavy (non-hydrogen) atoms. The Morgan fingerprint density at radius 1 is 1.22 bits per heavy atom. The lowest BCUT2D eigenvalue weighted by molar-refractivity contribution is -0.139. The van der Waals surface area contributed by atoms with Crippen molar-refractivity contribution >= 4 is 28.5 Å². The lowest BCUT2D eigenvalue weighted by atomic mass is 9.79. The molecule has 0 unspecified atom stereocenters. The molecular formula is C30H36ClFN2O3. The highest BCUT2D eigenvalue weighted by Gasteiger charge is 2.31. The van der Waals surface area contributed by atoms with Gasteiger partial charge in [-0.15, -0.1) is 0 Å². The monoisotopic (exact) mass is 526 g/mol. The second-order valence-corrected chi connectivity index (χ2v) is 10.5. The molecule has 0 bridgehead atoms. The van der Waals surface area contributed by atoms with Gasteiger partial charge in [0.1, 0.15) is 11.9 Å². The number of alkyl halides is 1. The lowest BCUT2D eigenvalue weighted by Gasteiger charge is -2.38. The summed E-state index contributed by atoms with van der Waals surface area (Å²) in [4.78, 5) is 18.3. The summed E-state index contributed by atoms with van der Waals surface area (Å²) in [6.45, 7) is 2.64. The van der Waals surface area contributed by atoms with Crippen LogP contribution in [0.4, 0.5) is 4.39 Å². The first-order valence-electron chi connectivity index (χ1n) is 13.2. The van der Waals surface area contributed by atoms with E-state index in [4.69, 9.17) is 16.3 Å². The minimum Gasteiger partial charge on any atom is -0.497 e. The average molecular weight is 527 g/mol. The molecule has 0 spiro atoms. The second kappa shape index (κ2) is 13.2. The van der Waals surface area contributed by atoms with E-state index in [0.29, 0.717) is 24.2 Å². The van der Waals surface area contributed by atoms with Gasteiger partial charge in [-0.25, -0.2) is 4.39 Å². The van der Waals surface area contributed by atoms with Crippen LogP contribution in [0, 0.1) is 11.8 Å². The molecule has 1 aliphatic rings. The summed E-state index contributed by atoms with van der Waals surface area (Å²) < 4.78 is 20.8. The number of pyridine rings is 1. The number of aromatic nitrogens is 1. The number of unbranched alkanes of at least 4 members (excludes halogenated alkanes) is 1. The van der Waals surface area contributed by atoms with E-state index >= 15 is 4.39 Å². The number of piperidine rings is 1. The van der Waals surface area contributed by atoms with Crippen LogP contribution in [0.3, 0.4) is 0 Å². The fraction of sp³-hybridized carbons (Fsp3) is 0.467. The normalized spacial score (nSPS) is 19.1. The molecule has 1 saturated heterocycles. The summed E-state index contributed by atoms with van der Waals surface area (Å²) in [5.74, 6) is 0.141. The number of carboxylic acids is 1. The van der Waals surface area contributed by atoms with Crippen LogP contribution in [0.5, 0.6) is 5.75 Å². The molecule has 5 nitrogen and oxygen atoms in total. The van der Waals surface area contributed by atoms with Crippen molar-refractivity contribution in [3.05, 3.63) is 70.9 Å². The summed E-state index contributed by atoms with van der Waals surface area (Å²) in [6, 6.07) is 15.2. The molecule has 1 fully saturated rings. The number of methoxy groups -OCH3 is 1. The second-order valence-electron chi connectivity index (χ2n) is 10.1. The number of aliphatic carboxylic acids is 1. The number of aryl methyl sites for hydroxylation is 1. The average Bonchev–Trinajstić information content (AvgIpc) is 2.90. The van der Waals surface area contributed by atoms with Gasteiger partial charge < -0.3 is 14.7 Å². The maximum atomic E-state index is 15.5. The van der Waals surface area contributed by atoms with E-state index in [9.17, 15) is 9.90 Å². The predicted molar refractivity (Wildman–Crippen MR) is 146 cm³/mol. The third-order valence-corrected chi connectivity index (χ3v) is 8.02. The van der Waals surface area contributed by atoms with Gasteiger partial charge >= 0.3 is 5.97 Å². The van der Waals surface area contributed by atoms with Gasteiger partial charge in [0, 0.05) is 29.6 Å². The van der Waals surface area contributed by atoms with Crippen molar-refractivity contribution < 1.29 is 19.0 Å². The van der Waals surface area contributed by atoms with Gasteiger partial charge in [0.2, 0.25) is 0 Å². The number of hydrogen-bond donors (Lipinski definition) is 1. The summed E-state index contributed by atoms with van der Waals surface area (Å²) in [5, 5.41) is 11.1. The quantitative estimate of drug-likeness (QED) is 0.254. The molecule has 2 aromatic carbocycles. The van der Waals surface area contributed by atoms with Crippen molar-refractivity contribution in [3.8, 4) is 5.75 Å². The van der Waals surface area contributed by atoms with E-state index in [2.05, 4.69) is 16.0 Å². The van der Waals surface area contributed by atoms with E-state index in [1.165, 1.54) is 5.56 Å². The van der Waals surface area contributed by atoms with Gasteiger partial charge in [-0.1, -0.05) is 29.8 Å². The Morgan fingerprint density at radius 2 is 2.05 bits per heavy atom. The number of likely N-dealkylation sites (tertiary alicyclic amines) is 1. The van der Waals surface area contributed by atoms with Gasteiger partial charge in [0.05, 0.1) is 12.6 Å². The molecule has 198 valence electrons. The van der Waals surface area contributed by atoms with Crippen LogP contribution in [0.25, 0.3) is 10.9 Å². The third kappa shape index (κ3) is 7.42. The van der Waals surface area contributed by atoms with Gasteiger partial charge in [-0.2, -0.15) is 0 Å². The molecule has 3 atom stereocenters. The highest BCUT2D eigenvalue weighted by atomic mass is 35.5. The number of nitrogens with zero attached hydrogens (tertiary/aromatic N) is 2. The van der Waals surface area contributed by atoms with Crippen LogP contribution < -0.4 is 4.74 Å². The van der Waals surface area contributed by atoms with Crippen molar-refractivity contribution in [2.75, 3.05) is 26.7 Å². The Labute approximate surface area is 223 Å². The largest absolute Gasteiger partial charge is 0.497 e. The Hall–Kier alpha value is -2.70. The van der Waals surface area contributed by atoms with Crippen molar-refractivity contribution in [1.29, 1.82) is 0 Å². The summed E-state index contributed by atoms with van der Waals surface area (Å²) in [7, 11) is 1.60. The maximum absolute atomic E-state index is 15.5. The molecule has 0 saturated carbocycles. The number of rotatable bonds is 12. The maximum Gasteiger partial charge on any atom is 0.303 e. The molecule has 7 heteroatoms. The molecule has 0 amide bonds. The molecule has 3 aromatic rings. The third-order valence-electron chi connectivity index (χ3n) is 7.65. The van der Waals surface area contributed by atoms with E-state index in [0.717, 1.165) is 61.2 Å². The topological polar surface area (TPSA) is 62.7 Å². The van der Waals surface area contributed by atoms with E-state index in [1.54, 1.807) is 19.4 Å². The summed E-state index contributed by atoms with van der Waals surface area (Å²) in [5.41, 5.74) is 2.54. The smallest absolute Gasteiger partial charge is 0.303 e. The molecule has 0 radical (unpaired) electrons. The van der Waals surface area contributed by atoms with Crippen LogP contribution in [0.15, 0.2) is 54.7 Å². The summed E-state index contributed by atoms with van der Waals surface area (Å²) in [6.07, 6.45) is 5.62. The fourth-order valence-electron chi connectivity index (χ4n) is 5.61. The molecule has 4 rings (SSSR count). The first-order chi connectivity index (χ1) is 17.9. The fourth-order valence-corrected chi connectivity index (χ4v) is 5.84. The molecule has 0 aliphatic carbocycles. The van der Waals surface area contributed by atoms with Crippen molar-refractivity contribution in [2.45, 2.75) is 51.1 Å². The summed E-state index contributed by atoms with van der Waals surface area (Å²) >= 11 is 6.27. The highest BCUT2D eigenvalue weighted by molar-refractivity contribution is 6.31. The number of carbonyl (C=O) groups is 1. The molecular weight excluding hydrogens is 491 g/mol. The number of ether oxygens (including phenoxy) is 1. The minimum absolute atomic E-state index is 0.0382. The van der Waals surface area contributed by atoms with Crippen LogP contribution in [-0.4, -0.2) is 47.7 Å². The van der Waals surface area contributed by atoms with Crippen molar-refractivity contribution in [2.24, 2.45) is 11.8 Å². The van der Waals surface area contributed by atoms with E-state index in [-0.39, 0.29) is 18.3 Å². The Morgan fingerprint density at radius 3 is 2.84 bits per heavy atom. The zero-order valence-electron chi connectivity index (χ0n) is 21.4. The highest BCUT2D eigenvalue weighted by Crippen LogP contribution is 2.36. The number of fused-ring (bicyclic) bond motifs is 1. The van der Waals surface area contributed by atoms with E-state index < -0.39 is 12.1 Å². The number of halogens is 2. The molecule has 1 aromatic heterocycles. The Balaban J connectivity index is 1.31. The number of benzene rings is 2. The molecule has 1 N–H and O–H groups in total. The predicted octanol–water partition coefficient (Wildman–Crippen LogP) is 7.12. The lowest BCUT2D eigenvalue weighted by Crippen LogP contribution is -2.41. The zero-order chi connectivity index (χ0) is 26.2. The first kappa shape index (κ1) is 27.3. The van der Waals surface area contributed by atoms with Crippen LogP contribution >= 0.6 is 11.6 Å². The van der Waals surface area contributed by atoms with E-state index in [1.807, 2.05) is 36.4 Å². The number of carboxylic acid groups (broad SMARTS) is 1. The standard InChI is InChI=1S/C30H36ClFN2O3/c1-37-24-10-12-29-26(19-24)25(13-15-33-29)28(32)11-9-21-14-17-34(20-23(21)18-30(35)36)16-5-4-7-22-6-2-3-8-27(22)31/h2-3,6,8,10,12-13,15,19,21,23,28H,4-5,7,9,11,14,16-18,20H2,1H3,(H,35,36)/t21-,23+,28+/m1/s1. The van der Waals surface area contributed by atoms with Crippen LogP contribution in [0.2, 0.25) is 5.02 Å². The van der Waals surface area contributed by atoms with Crippen molar-refractivity contribution in [3.63, 3.8) is 0 Å². The zero-order valence-corrected chi connectivity index (χ0v) is 22.2. The van der Waals surface area contributed by atoms with Crippen molar-refractivity contribution in [1.82, 2.24) is 9.88 Å². The van der Waals surface area contributed by atoms with Crippen LogP contribution in [0.1, 0.15) is 55.8 Å². The SMILES string of the molecule is COc1ccc2nccc([C@@H](F)CC[C@@H]3CCN(CCCCc4ccccc4Cl)C[C@@H]3CC(=O)O)c2c1. The molecule has 2 heterocycles. The Kier molecular flexibility index (Phi) is 9.75. The minimum atomic E-state index is -1.13. The molecule has 1 aliphatic heterocycles. The van der Waals surface area contributed by atoms with Crippen LogP contribution in [-0.2, 0) is 11.2 Å².